The van der Waals surface area contributed by atoms with Crippen molar-refractivity contribution >= 4 is 39.8 Å². The highest BCUT2D eigenvalue weighted by atomic mass is 127. The van der Waals surface area contributed by atoms with Crippen molar-refractivity contribution < 1.29 is 9.90 Å². The van der Waals surface area contributed by atoms with Crippen LogP contribution < -0.4 is 10.9 Å². The highest BCUT2D eigenvalue weighted by molar-refractivity contribution is 14.1. The quantitative estimate of drug-likeness (QED) is 0.605. The molecule has 2 N–H and O–H groups in total. The minimum Gasteiger partial charge on any atom is -0.376 e. The average molecular weight is 345 g/mol. The van der Waals surface area contributed by atoms with Gasteiger partial charge in [0, 0.05) is 0 Å². The lowest BCUT2D eigenvalue weighted by molar-refractivity contribution is 0.0904. The summed E-state index contributed by atoms with van der Waals surface area (Å²) in [5, 5.41) is 10.7. The van der Waals surface area contributed by atoms with Crippen LogP contribution in [0.5, 0.6) is 0 Å². The number of para-hydroxylation sites is 2. The number of hydrogen-bond donors (Lipinski definition) is 2. The molecular weight excluding hydrogens is 337 g/mol. The minimum absolute atomic E-state index is 0.229. The van der Waals surface area contributed by atoms with Gasteiger partial charge in [-0.3, -0.25) is 9.59 Å². The molecule has 0 aliphatic carbocycles. The maximum atomic E-state index is 11.8. The van der Waals surface area contributed by atoms with Gasteiger partial charge >= 0.3 is 0 Å². The van der Waals surface area contributed by atoms with Gasteiger partial charge in [-0.15, -0.1) is 0 Å². The zero-order valence-corrected chi connectivity index (χ0v) is 10.7. The van der Waals surface area contributed by atoms with E-state index in [0.29, 0.717) is 11.0 Å². The first-order chi connectivity index (χ1) is 8.15. The monoisotopic (exact) mass is 345 g/mol. The van der Waals surface area contributed by atoms with Crippen molar-refractivity contribution in [3.63, 3.8) is 0 Å². The molecule has 0 bridgehead atoms. The smallest absolute Gasteiger partial charge is 0.291 e. The molecule has 88 valence electrons. The Labute approximate surface area is 110 Å². The second-order valence-electron chi connectivity index (χ2n) is 3.20. The number of amides is 1. The van der Waals surface area contributed by atoms with E-state index in [0.717, 1.165) is 0 Å². The van der Waals surface area contributed by atoms with E-state index in [1.807, 2.05) is 22.9 Å². The largest absolute Gasteiger partial charge is 0.376 e. The Morgan fingerprint density at radius 3 is 2.88 bits per heavy atom. The lowest BCUT2D eigenvalue weighted by Crippen LogP contribution is -2.33. The third kappa shape index (κ3) is 2.15. The normalized spacial score (nSPS) is 10.5. The van der Waals surface area contributed by atoms with Gasteiger partial charge in [0.05, 0.1) is 33.9 Å². The van der Waals surface area contributed by atoms with Crippen LogP contribution in [0, 0.1) is 0 Å². The van der Waals surface area contributed by atoms with Gasteiger partial charge in [-0.05, 0) is 12.1 Å². The fraction of sp³-hybridized carbons (Fsp3) is 0.100. The molecule has 1 amide bonds. The molecule has 0 radical (unpaired) electrons. The van der Waals surface area contributed by atoms with Gasteiger partial charge < -0.3 is 10.4 Å². The van der Waals surface area contributed by atoms with Crippen molar-refractivity contribution in [3.05, 3.63) is 40.3 Å². The number of fused-ring (bicyclic) bond motifs is 1. The predicted octanol–water partition coefficient (Wildman–Crippen LogP) is 0.274. The van der Waals surface area contributed by atoms with Crippen LogP contribution in [0.1, 0.15) is 10.5 Å². The van der Waals surface area contributed by atoms with E-state index in [4.69, 9.17) is 5.11 Å². The maximum absolute atomic E-state index is 11.8. The molecule has 2 rings (SSSR count). The van der Waals surface area contributed by atoms with Gasteiger partial charge in [0.1, 0.15) is 6.73 Å². The van der Waals surface area contributed by atoms with E-state index in [-0.39, 0.29) is 5.69 Å². The lowest BCUT2D eigenvalue weighted by Gasteiger charge is -2.05. The molecule has 1 aromatic heterocycles. The summed E-state index contributed by atoms with van der Waals surface area (Å²) in [6, 6.07) is 7.00. The Balaban J connectivity index is 2.70. The van der Waals surface area contributed by atoms with E-state index >= 15 is 0 Å². The summed E-state index contributed by atoms with van der Waals surface area (Å²) in [5.74, 6) is -0.686. The molecular formula is C10H8IN3O3. The molecule has 0 atom stereocenters. The molecule has 0 fully saturated rings. The number of benzene rings is 1. The zero-order valence-electron chi connectivity index (χ0n) is 8.55. The molecule has 0 unspecified atom stereocenters. The third-order valence-corrected chi connectivity index (χ3v) is 3.12. The van der Waals surface area contributed by atoms with Crippen molar-refractivity contribution in [2.24, 2.45) is 0 Å². The number of aliphatic hydroxyl groups is 1. The highest BCUT2D eigenvalue weighted by Crippen LogP contribution is 2.11. The van der Waals surface area contributed by atoms with Crippen molar-refractivity contribution in [2.75, 3.05) is 6.73 Å². The zero-order chi connectivity index (χ0) is 12.4. The van der Waals surface area contributed by atoms with Crippen LogP contribution in [-0.2, 0) is 0 Å². The second kappa shape index (κ2) is 4.80. The van der Waals surface area contributed by atoms with E-state index < -0.39 is 18.2 Å². The number of nitrogens with zero attached hydrogens (tertiary/aromatic N) is 2. The summed E-state index contributed by atoms with van der Waals surface area (Å²) in [7, 11) is 0. The molecule has 2 aromatic rings. The topological polar surface area (TPSA) is 84.2 Å². The Morgan fingerprint density at radius 1 is 1.47 bits per heavy atom. The Bertz CT molecular complexity index is 638. The summed E-state index contributed by atoms with van der Waals surface area (Å²) in [4.78, 5) is 27.4. The van der Waals surface area contributed by atoms with Crippen LogP contribution in [-0.4, -0.2) is 25.5 Å². The Morgan fingerprint density at radius 2 is 2.18 bits per heavy atom. The first-order valence-electron chi connectivity index (χ1n) is 4.72. The van der Waals surface area contributed by atoms with Crippen molar-refractivity contribution in [2.45, 2.75) is 0 Å². The molecule has 0 aliphatic rings. The Hall–Kier alpha value is -1.48. The highest BCUT2D eigenvalue weighted by Gasteiger charge is 2.15. The third-order valence-electron chi connectivity index (χ3n) is 2.16. The van der Waals surface area contributed by atoms with Crippen molar-refractivity contribution in [3.8, 4) is 0 Å². The maximum Gasteiger partial charge on any atom is 0.291 e. The van der Waals surface area contributed by atoms with Crippen LogP contribution >= 0.6 is 22.9 Å². The average Bonchev–Trinajstić information content (AvgIpc) is 2.34. The molecule has 0 aliphatic heterocycles. The predicted molar refractivity (Wildman–Crippen MR) is 70.0 cm³/mol. The minimum atomic E-state index is -0.686. The molecule has 17 heavy (non-hydrogen) atoms. The lowest BCUT2D eigenvalue weighted by atomic mass is 10.3. The molecule has 0 saturated heterocycles. The van der Waals surface area contributed by atoms with E-state index in [2.05, 4.69) is 10.3 Å². The standard InChI is InChI=1S/C10H8IN3O3/c11-14-7-4-2-1-3-6(7)13-8(10(14)17)9(16)12-5-15/h1-4,15H,5H2,(H,12,16). The number of nitrogens with one attached hydrogen (secondary N) is 1. The summed E-state index contributed by atoms with van der Waals surface area (Å²) >= 11 is 1.81. The molecule has 0 saturated carbocycles. The van der Waals surface area contributed by atoms with Crippen molar-refractivity contribution in [1.29, 1.82) is 0 Å². The van der Waals surface area contributed by atoms with Gasteiger partial charge in [-0.25, -0.2) is 7.76 Å². The SMILES string of the molecule is O=C(NCO)c1nc2ccccc2n(I)c1=O. The van der Waals surface area contributed by atoms with Gasteiger partial charge in [-0.1, -0.05) is 12.1 Å². The van der Waals surface area contributed by atoms with Gasteiger partial charge in [-0.2, -0.15) is 0 Å². The first-order valence-corrected chi connectivity index (χ1v) is 5.68. The fourth-order valence-corrected chi connectivity index (χ4v) is 2.04. The molecule has 1 heterocycles. The second-order valence-corrected chi connectivity index (χ2v) is 4.16. The van der Waals surface area contributed by atoms with Crippen molar-refractivity contribution in [1.82, 2.24) is 13.1 Å². The number of carbonyl (C=O) groups excluding carboxylic acids is 1. The molecule has 6 nitrogen and oxygen atoms in total. The summed E-state index contributed by atoms with van der Waals surface area (Å²) in [5.41, 5.74) is 0.450. The van der Waals surface area contributed by atoms with Crippen LogP contribution in [0.3, 0.4) is 0 Å². The number of halogens is 1. The molecule has 0 spiro atoms. The van der Waals surface area contributed by atoms with Crippen LogP contribution in [0.25, 0.3) is 11.0 Å². The van der Waals surface area contributed by atoms with Crippen LogP contribution in [0.2, 0.25) is 0 Å². The number of carbonyl (C=O) groups is 1. The van der Waals surface area contributed by atoms with E-state index in [1.54, 1.807) is 24.3 Å². The fourth-order valence-electron chi connectivity index (χ4n) is 1.40. The van der Waals surface area contributed by atoms with Gasteiger partial charge in [0.25, 0.3) is 11.5 Å². The number of aromatic nitrogens is 2. The van der Waals surface area contributed by atoms with Gasteiger partial charge in [0.2, 0.25) is 0 Å². The Kier molecular flexibility index (Phi) is 3.38. The number of hydrogen-bond acceptors (Lipinski definition) is 4. The van der Waals surface area contributed by atoms with E-state index in [9.17, 15) is 9.59 Å². The van der Waals surface area contributed by atoms with Gasteiger partial charge in [0.15, 0.2) is 5.69 Å². The van der Waals surface area contributed by atoms with E-state index in [1.165, 1.54) is 2.78 Å². The first kappa shape index (κ1) is 12.0. The summed E-state index contributed by atoms with van der Waals surface area (Å²) in [6.45, 7) is -0.534. The van der Waals surface area contributed by atoms with Crippen LogP contribution in [0.15, 0.2) is 29.1 Å². The summed E-state index contributed by atoms with van der Waals surface area (Å²) in [6.07, 6.45) is 0. The summed E-state index contributed by atoms with van der Waals surface area (Å²) < 4.78 is 1.33. The number of aliphatic hydroxyl groups excluding tert-OH is 1. The number of rotatable bonds is 2. The molecule has 1 aromatic carbocycles. The van der Waals surface area contributed by atoms with Crippen LogP contribution in [0.4, 0.5) is 0 Å². The molecule has 7 heteroatoms.